The minimum Gasteiger partial charge on any atom is -0.377 e. The Bertz CT molecular complexity index is 835. The standard InChI is InChI=1S/C17H17N5O2/c18-7-11-1-5-16(19-8-11)20-14-9-24-10-15(14)22-17(23)6-4-13(21-22)12-2-3-12/h1,4-6,8,12,14-15H,2-3,9-10H2,(H,19,20). The molecule has 122 valence electrons. The van der Waals surface area contributed by atoms with Crippen molar-refractivity contribution >= 4 is 5.82 Å². The van der Waals surface area contributed by atoms with Gasteiger partial charge in [0.2, 0.25) is 0 Å². The summed E-state index contributed by atoms with van der Waals surface area (Å²) in [5, 5.41) is 16.7. The highest BCUT2D eigenvalue weighted by molar-refractivity contribution is 5.40. The van der Waals surface area contributed by atoms with Gasteiger partial charge in [0, 0.05) is 18.2 Å². The maximum atomic E-state index is 12.2. The maximum absolute atomic E-state index is 12.2. The highest BCUT2D eigenvalue weighted by Crippen LogP contribution is 2.38. The molecule has 1 N–H and O–H groups in total. The third kappa shape index (κ3) is 2.88. The van der Waals surface area contributed by atoms with E-state index in [-0.39, 0.29) is 17.6 Å². The lowest BCUT2D eigenvalue weighted by Crippen LogP contribution is -2.37. The minimum atomic E-state index is -0.173. The van der Waals surface area contributed by atoms with Crippen LogP contribution in [0.2, 0.25) is 0 Å². The van der Waals surface area contributed by atoms with Crippen LogP contribution in [0.3, 0.4) is 0 Å². The molecule has 24 heavy (non-hydrogen) atoms. The van der Waals surface area contributed by atoms with Crippen LogP contribution in [0.5, 0.6) is 0 Å². The van der Waals surface area contributed by atoms with Crippen LogP contribution in [0.15, 0.2) is 35.3 Å². The normalized spacial score (nSPS) is 23.0. The highest BCUT2D eigenvalue weighted by Gasteiger charge is 2.33. The Balaban J connectivity index is 1.57. The summed E-state index contributed by atoms with van der Waals surface area (Å²) in [6, 6.07) is 8.66. The van der Waals surface area contributed by atoms with Gasteiger partial charge >= 0.3 is 0 Å². The highest BCUT2D eigenvalue weighted by atomic mass is 16.5. The van der Waals surface area contributed by atoms with E-state index in [9.17, 15) is 4.79 Å². The smallest absolute Gasteiger partial charge is 0.267 e. The number of anilines is 1. The molecule has 4 rings (SSSR count). The van der Waals surface area contributed by atoms with Gasteiger partial charge in [0.1, 0.15) is 17.9 Å². The van der Waals surface area contributed by atoms with Crippen molar-refractivity contribution in [2.24, 2.45) is 0 Å². The lowest BCUT2D eigenvalue weighted by Gasteiger charge is -2.21. The molecule has 0 bridgehead atoms. The number of aromatic nitrogens is 3. The molecule has 1 saturated carbocycles. The van der Waals surface area contributed by atoms with E-state index in [2.05, 4.69) is 15.4 Å². The number of nitrogens with one attached hydrogen (secondary N) is 1. The predicted molar refractivity (Wildman–Crippen MR) is 86.7 cm³/mol. The Morgan fingerprint density at radius 1 is 1.25 bits per heavy atom. The molecule has 2 unspecified atom stereocenters. The summed E-state index contributed by atoms with van der Waals surface area (Å²) in [5.41, 5.74) is 1.38. The summed E-state index contributed by atoms with van der Waals surface area (Å²) < 4.78 is 7.11. The van der Waals surface area contributed by atoms with Crippen LogP contribution in [0.1, 0.15) is 36.1 Å². The second-order valence-corrected chi connectivity index (χ2v) is 6.21. The molecule has 1 aliphatic carbocycles. The Morgan fingerprint density at radius 3 is 2.83 bits per heavy atom. The zero-order chi connectivity index (χ0) is 16.5. The number of ether oxygens (including phenoxy) is 1. The largest absolute Gasteiger partial charge is 0.377 e. The number of rotatable bonds is 4. The Hall–Kier alpha value is -2.72. The lowest BCUT2D eigenvalue weighted by atomic mass is 10.1. The lowest BCUT2D eigenvalue weighted by molar-refractivity contribution is 0.182. The van der Waals surface area contributed by atoms with Crippen LogP contribution >= 0.6 is 0 Å². The number of hydrogen-bond donors (Lipinski definition) is 1. The van der Waals surface area contributed by atoms with Gasteiger partial charge in [-0.1, -0.05) is 0 Å². The zero-order valence-electron chi connectivity index (χ0n) is 13.1. The summed E-state index contributed by atoms with van der Waals surface area (Å²) in [4.78, 5) is 16.5. The van der Waals surface area contributed by atoms with Gasteiger partial charge in [-0.2, -0.15) is 10.4 Å². The molecule has 0 radical (unpaired) electrons. The summed E-state index contributed by atoms with van der Waals surface area (Å²) in [6.07, 6.45) is 3.80. The molecule has 0 spiro atoms. The maximum Gasteiger partial charge on any atom is 0.267 e. The molecule has 7 heteroatoms. The van der Waals surface area contributed by atoms with Crippen molar-refractivity contribution in [1.82, 2.24) is 14.8 Å². The van der Waals surface area contributed by atoms with Crippen LogP contribution in [0.25, 0.3) is 0 Å². The quantitative estimate of drug-likeness (QED) is 0.915. The molecule has 0 amide bonds. The summed E-state index contributed by atoms with van der Waals surface area (Å²) in [7, 11) is 0. The van der Waals surface area contributed by atoms with E-state index in [0.717, 1.165) is 18.5 Å². The van der Waals surface area contributed by atoms with Crippen molar-refractivity contribution in [3.05, 3.63) is 52.1 Å². The van der Waals surface area contributed by atoms with Crippen molar-refractivity contribution in [1.29, 1.82) is 5.26 Å². The van der Waals surface area contributed by atoms with Crippen molar-refractivity contribution < 1.29 is 4.74 Å². The number of nitriles is 1. The molecule has 0 aromatic carbocycles. The van der Waals surface area contributed by atoms with Gasteiger partial charge in [0.05, 0.1) is 30.5 Å². The topological polar surface area (TPSA) is 92.8 Å². The third-order valence-electron chi connectivity index (χ3n) is 4.43. The van der Waals surface area contributed by atoms with E-state index >= 15 is 0 Å². The van der Waals surface area contributed by atoms with Crippen LogP contribution < -0.4 is 10.9 Å². The Kier molecular flexibility index (Phi) is 3.75. The van der Waals surface area contributed by atoms with Crippen LogP contribution in [0.4, 0.5) is 5.82 Å². The van der Waals surface area contributed by atoms with E-state index < -0.39 is 0 Å². The number of nitrogens with zero attached hydrogens (tertiary/aromatic N) is 4. The molecule has 7 nitrogen and oxygen atoms in total. The SMILES string of the molecule is N#Cc1ccc(NC2COCC2n2nc(C3CC3)ccc2=O)nc1. The minimum absolute atomic E-state index is 0.0925. The van der Waals surface area contributed by atoms with Gasteiger partial charge < -0.3 is 10.1 Å². The molecule has 3 heterocycles. The average molecular weight is 323 g/mol. The van der Waals surface area contributed by atoms with Crippen molar-refractivity contribution in [2.45, 2.75) is 30.8 Å². The molecule has 2 aromatic rings. The molecule has 1 saturated heterocycles. The summed E-state index contributed by atoms with van der Waals surface area (Å²) >= 11 is 0. The molecule has 2 atom stereocenters. The van der Waals surface area contributed by atoms with E-state index in [4.69, 9.17) is 10.00 Å². The van der Waals surface area contributed by atoms with Gasteiger partial charge in [0.25, 0.3) is 5.56 Å². The van der Waals surface area contributed by atoms with Crippen molar-refractivity contribution in [2.75, 3.05) is 18.5 Å². The zero-order valence-corrected chi connectivity index (χ0v) is 13.1. The Labute approximate surface area is 138 Å². The first-order chi connectivity index (χ1) is 11.7. The molecular formula is C17H17N5O2. The molecule has 2 aromatic heterocycles. The molecule has 1 aliphatic heterocycles. The first-order valence-corrected chi connectivity index (χ1v) is 8.05. The summed E-state index contributed by atoms with van der Waals surface area (Å²) in [6.45, 7) is 0.920. The summed E-state index contributed by atoms with van der Waals surface area (Å²) in [5.74, 6) is 1.15. The van der Waals surface area contributed by atoms with Crippen LogP contribution in [0, 0.1) is 11.3 Å². The second kappa shape index (κ2) is 6.06. The number of pyridine rings is 1. The van der Waals surface area contributed by atoms with Gasteiger partial charge in [-0.05, 0) is 31.0 Å². The first kappa shape index (κ1) is 14.8. The first-order valence-electron chi connectivity index (χ1n) is 8.05. The predicted octanol–water partition coefficient (Wildman–Crippen LogP) is 1.44. The van der Waals surface area contributed by atoms with Gasteiger partial charge in [-0.15, -0.1) is 0 Å². The van der Waals surface area contributed by atoms with E-state index in [0.29, 0.717) is 30.5 Å². The number of hydrogen-bond acceptors (Lipinski definition) is 6. The van der Waals surface area contributed by atoms with Crippen molar-refractivity contribution in [3.63, 3.8) is 0 Å². The molecular weight excluding hydrogens is 306 g/mol. The van der Waals surface area contributed by atoms with E-state index in [1.54, 1.807) is 22.9 Å². The van der Waals surface area contributed by atoms with E-state index in [1.165, 1.54) is 6.20 Å². The fourth-order valence-electron chi connectivity index (χ4n) is 2.93. The monoisotopic (exact) mass is 323 g/mol. The van der Waals surface area contributed by atoms with Gasteiger partial charge in [-0.25, -0.2) is 9.67 Å². The molecule has 2 aliphatic rings. The second-order valence-electron chi connectivity index (χ2n) is 6.21. The molecule has 2 fully saturated rings. The Morgan fingerprint density at radius 2 is 2.12 bits per heavy atom. The van der Waals surface area contributed by atoms with Crippen molar-refractivity contribution in [3.8, 4) is 6.07 Å². The van der Waals surface area contributed by atoms with Gasteiger partial charge in [-0.3, -0.25) is 4.79 Å². The van der Waals surface area contributed by atoms with Crippen LogP contribution in [-0.4, -0.2) is 34.0 Å². The van der Waals surface area contributed by atoms with E-state index in [1.807, 2.05) is 12.1 Å². The van der Waals surface area contributed by atoms with Crippen LogP contribution in [-0.2, 0) is 4.74 Å². The third-order valence-corrected chi connectivity index (χ3v) is 4.43. The average Bonchev–Trinajstić information content (AvgIpc) is 3.36. The van der Waals surface area contributed by atoms with Gasteiger partial charge in [0.15, 0.2) is 0 Å². The fourth-order valence-corrected chi connectivity index (χ4v) is 2.93. The fraction of sp³-hybridized carbons (Fsp3) is 0.412.